The molecule has 0 fully saturated rings. The summed E-state index contributed by atoms with van der Waals surface area (Å²) in [5.41, 5.74) is 3.14. The van der Waals surface area contributed by atoms with Gasteiger partial charge in [0.05, 0.1) is 6.04 Å². The second-order valence-corrected chi connectivity index (χ2v) is 9.76. The highest BCUT2D eigenvalue weighted by Gasteiger charge is 2.33. The van der Waals surface area contributed by atoms with Gasteiger partial charge in [-0.25, -0.2) is 4.79 Å². The van der Waals surface area contributed by atoms with Crippen LogP contribution in [-0.4, -0.2) is 34.1 Å². The Bertz CT molecular complexity index is 1530. The van der Waals surface area contributed by atoms with E-state index in [4.69, 9.17) is 0 Å². The number of nitrogens with zero attached hydrogens (tertiary/aromatic N) is 1. The molecule has 5 rings (SSSR count). The second kappa shape index (κ2) is 11.5. The number of amides is 1. The maximum Gasteiger partial charge on any atom is 0.431 e. The summed E-state index contributed by atoms with van der Waals surface area (Å²) in [6.07, 6.45) is -0.986. The quantitative estimate of drug-likeness (QED) is 0.144. The molecule has 0 heterocycles. The minimum atomic E-state index is -1.36. The van der Waals surface area contributed by atoms with E-state index in [0.29, 0.717) is 18.0 Å². The summed E-state index contributed by atoms with van der Waals surface area (Å²) in [7, 11) is 0. The molecule has 0 spiro atoms. The van der Waals surface area contributed by atoms with Gasteiger partial charge in [0.1, 0.15) is 0 Å². The van der Waals surface area contributed by atoms with Crippen LogP contribution in [0.4, 0.5) is 4.79 Å². The highest BCUT2D eigenvalue weighted by atomic mass is 16.6. The summed E-state index contributed by atoms with van der Waals surface area (Å²) >= 11 is 0. The fourth-order valence-corrected chi connectivity index (χ4v) is 5.47. The average molecular weight is 505 g/mol. The molecule has 5 aromatic rings. The van der Waals surface area contributed by atoms with Crippen molar-refractivity contribution in [2.45, 2.75) is 31.3 Å². The van der Waals surface area contributed by atoms with Gasteiger partial charge < -0.3 is 10.4 Å². The lowest BCUT2D eigenvalue weighted by Crippen LogP contribution is -2.45. The predicted molar refractivity (Wildman–Crippen MR) is 153 cm³/mol. The predicted octanol–water partition coefficient (Wildman–Crippen LogP) is 7.41. The molecule has 0 aromatic heterocycles. The Hall–Kier alpha value is -4.19. The summed E-state index contributed by atoms with van der Waals surface area (Å²) in [6, 6.07) is 37.9. The molecule has 0 aliphatic heterocycles. The van der Waals surface area contributed by atoms with Gasteiger partial charge in [-0.1, -0.05) is 115 Å². The molecule has 3 atom stereocenters. The van der Waals surface area contributed by atoms with Gasteiger partial charge in [-0.15, -0.1) is 0 Å². The van der Waals surface area contributed by atoms with E-state index < -0.39 is 12.1 Å². The number of rotatable bonds is 9. The molecule has 0 saturated carbocycles. The maximum atomic E-state index is 12.1. The topological polar surface area (TPSA) is 72.8 Å². The molecular formula is C33H32N2O3. The third-order valence-electron chi connectivity index (χ3n) is 7.42. The Balaban J connectivity index is 1.55. The molecule has 38 heavy (non-hydrogen) atoms. The highest BCUT2D eigenvalue weighted by molar-refractivity contribution is 5.87. The van der Waals surface area contributed by atoms with Crippen molar-refractivity contribution < 1.29 is 15.1 Å². The van der Waals surface area contributed by atoms with Gasteiger partial charge in [0.25, 0.3) is 0 Å². The van der Waals surface area contributed by atoms with Crippen molar-refractivity contribution in [2.75, 3.05) is 6.54 Å². The number of hydrogen-bond acceptors (Lipinski definition) is 3. The van der Waals surface area contributed by atoms with Crippen molar-refractivity contribution in [3.8, 4) is 0 Å². The third kappa shape index (κ3) is 5.40. The van der Waals surface area contributed by atoms with Gasteiger partial charge >= 0.3 is 6.09 Å². The normalized spacial score (nSPS) is 13.7. The molecule has 0 bridgehead atoms. The molecule has 0 radical (unpaired) electrons. The Morgan fingerprint density at radius 2 is 1.26 bits per heavy atom. The van der Waals surface area contributed by atoms with E-state index in [0.717, 1.165) is 21.9 Å². The largest absolute Gasteiger partial charge is 0.463 e. The van der Waals surface area contributed by atoms with Crippen LogP contribution in [0, 0.1) is 0 Å². The van der Waals surface area contributed by atoms with Crippen LogP contribution in [0.3, 0.4) is 0 Å². The van der Waals surface area contributed by atoms with Gasteiger partial charge in [0, 0.05) is 18.5 Å². The summed E-state index contributed by atoms with van der Waals surface area (Å²) < 4.78 is 0. The summed E-state index contributed by atoms with van der Waals surface area (Å²) in [5.74, 6) is -0.320. The van der Waals surface area contributed by atoms with E-state index in [1.807, 2.05) is 66.7 Å². The third-order valence-corrected chi connectivity index (χ3v) is 7.42. The molecule has 0 saturated heterocycles. The Labute approximate surface area is 222 Å². The van der Waals surface area contributed by atoms with Crippen molar-refractivity contribution >= 4 is 27.6 Å². The van der Waals surface area contributed by atoms with Gasteiger partial charge in [0.2, 0.25) is 0 Å². The van der Waals surface area contributed by atoms with Crippen LogP contribution in [0.2, 0.25) is 0 Å². The van der Waals surface area contributed by atoms with Gasteiger partial charge in [0.15, 0.2) is 0 Å². The first-order valence-corrected chi connectivity index (χ1v) is 13.0. The fraction of sp³-hybridized carbons (Fsp3) is 0.182. The Kier molecular flexibility index (Phi) is 7.68. The first-order valence-electron chi connectivity index (χ1n) is 13.0. The van der Waals surface area contributed by atoms with Crippen LogP contribution < -0.4 is 5.32 Å². The molecular weight excluding hydrogens is 472 g/mol. The smallest absolute Gasteiger partial charge is 0.431 e. The number of hydrogen-bond donors (Lipinski definition) is 3. The van der Waals surface area contributed by atoms with E-state index >= 15 is 0 Å². The molecule has 0 aliphatic carbocycles. The molecule has 0 aliphatic rings. The standard InChI is InChI=1S/C33H32N2O3/c1-23(27-19-9-15-25-13-5-7-17-28(25)27)34-22-31(30-20-10-16-26-14-6-8-18-29(26)30)32(35(38)33(36)37)21-24-11-3-2-4-12-24/h2-20,23,31-32,34,38H,21-22H2,1H3,(H,36,37)/t23-,31+,32+/m1/s1. The first kappa shape index (κ1) is 25.5. The van der Waals surface area contributed by atoms with Crippen molar-refractivity contribution in [1.29, 1.82) is 0 Å². The van der Waals surface area contributed by atoms with Crippen molar-refractivity contribution in [1.82, 2.24) is 10.4 Å². The number of carboxylic acid groups (broad SMARTS) is 1. The Morgan fingerprint density at radius 3 is 1.89 bits per heavy atom. The molecule has 3 N–H and O–H groups in total. The number of fused-ring (bicyclic) bond motifs is 2. The summed E-state index contributed by atoms with van der Waals surface area (Å²) in [5, 5.41) is 29.4. The van der Waals surface area contributed by atoms with Crippen molar-refractivity contribution in [3.05, 3.63) is 132 Å². The van der Waals surface area contributed by atoms with E-state index in [1.165, 1.54) is 16.3 Å². The highest BCUT2D eigenvalue weighted by Crippen LogP contribution is 2.33. The molecule has 192 valence electrons. The molecule has 1 amide bonds. The molecule has 5 heteroatoms. The van der Waals surface area contributed by atoms with Crippen LogP contribution >= 0.6 is 0 Å². The lowest BCUT2D eigenvalue weighted by Gasteiger charge is -2.33. The van der Waals surface area contributed by atoms with Crippen LogP contribution in [0.5, 0.6) is 0 Å². The summed E-state index contributed by atoms with van der Waals surface area (Å²) in [4.78, 5) is 12.1. The zero-order valence-corrected chi connectivity index (χ0v) is 21.4. The zero-order valence-electron chi connectivity index (χ0n) is 21.4. The lowest BCUT2D eigenvalue weighted by molar-refractivity contribution is -0.103. The van der Waals surface area contributed by atoms with Gasteiger partial charge in [-0.05, 0) is 51.6 Å². The fourth-order valence-electron chi connectivity index (χ4n) is 5.47. The van der Waals surface area contributed by atoms with E-state index in [1.54, 1.807) is 0 Å². The monoisotopic (exact) mass is 504 g/mol. The zero-order chi connectivity index (χ0) is 26.5. The molecule has 0 unspecified atom stereocenters. The minimum Gasteiger partial charge on any atom is -0.463 e. The van der Waals surface area contributed by atoms with Crippen LogP contribution in [0.15, 0.2) is 115 Å². The number of benzene rings is 5. The SMILES string of the molecule is C[C@@H](NC[C@@H](c1cccc2ccccc12)[C@H](Cc1ccccc1)N(O)C(=O)O)c1cccc2ccccc12. The summed E-state index contributed by atoms with van der Waals surface area (Å²) in [6.45, 7) is 2.60. The van der Waals surface area contributed by atoms with Gasteiger partial charge in [-0.3, -0.25) is 5.21 Å². The van der Waals surface area contributed by atoms with E-state index in [-0.39, 0.29) is 12.0 Å². The van der Waals surface area contributed by atoms with Gasteiger partial charge in [-0.2, -0.15) is 5.06 Å². The minimum absolute atomic E-state index is 0.00734. The van der Waals surface area contributed by atoms with E-state index in [2.05, 4.69) is 60.8 Å². The van der Waals surface area contributed by atoms with Crippen molar-refractivity contribution in [2.24, 2.45) is 0 Å². The average Bonchev–Trinajstić information content (AvgIpc) is 2.96. The number of hydroxylamine groups is 2. The van der Waals surface area contributed by atoms with E-state index in [9.17, 15) is 15.1 Å². The van der Waals surface area contributed by atoms with Crippen molar-refractivity contribution in [3.63, 3.8) is 0 Å². The lowest BCUT2D eigenvalue weighted by atomic mass is 9.84. The number of nitrogens with one attached hydrogen (secondary N) is 1. The van der Waals surface area contributed by atoms with Crippen LogP contribution in [0.25, 0.3) is 21.5 Å². The second-order valence-electron chi connectivity index (χ2n) is 9.76. The number of carbonyl (C=O) groups is 1. The maximum absolute atomic E-state index is 12.1. The Morgan fingerprint density at radius 1 is 0.737 bits per heavy atom. The van der Waals surface area contributed by atoms with Crippen LogP contribution in [-0.2, 0) is 6.42 Å². The molecule has 5 aromatic carbocycles. The molecule has 5 nitrogen and oxygen atoms in total. The first-order chi connectivity index (χ1) is 18.5. The van der Waals surface area contributed by atoms with Crippen LogP contribution in [0.1, 0.15) is 35.6 Å².